The van der Waals surface area contributed by atoms with Crippen LogP contribution in [0.2, 0.25) is 0 Å². The Kier molecular flexibility index (Phi) is 9.64. The molecule has 2 aliphatic heterocycles. The number of nitrogens with zero attached hydrogens (tertiary/aromatic N) is 2. The summed E-state index contributed by atoms with van der Waals surface area (Å²) in [4.78, 5) is 7.16. The molecule has 2 fully saturated rings. The van der Waals surface area contributed by atoms with E-state index >= 15 is 0 Å². The second-order valence-corrected chi connectivity index (χ2v) is 6.62. The topological polar surface area (TPSA) is 55.3 Å². The van der Waals surface area contributed by atoms with Gasteiger partial charge in [-0.05, 0) is 32.8 Å². The molecule has 0 amide bonds. The standard InChI is InChI=1S/C20H31N3O3.HI/c1-3-21-20(22-14-16-8-5-6-9-17(16)24-4-2)23-11-13-26-19(15-23)18-10-7-12-25-18;/h5-6,8-9,18-19H,3-4,7,10-15H2,1-2H3,(H,21,22);1H. The number of guanidine groups is 1. The second kappa shape index (κ2) is 11.7. The Hall–Kier alpha value is -1.06. The molecule has 1 N–H and O–H groups in total. The maximum absolute atomic E-state index is 5.96. The van der Waals surface area contributed by atoms with Crippen molar-refractivity contribution in [2.75, 3.05) is 39.5 Å². The molecule has 7 heteroatoms. The van der Waals surface area contributed by atoms with Crippen LogP contribution in [0.25, 0.3) is 0 Å². The summed E-state index contributed by atoms with van der Waals surface area (Å²) in [5, 5.41) is 3.42. The van der Waals surface area contributed by atoms with E-state index in [0.717, 1.165) is 56.4 Å². The van der Waals surface area contributed by atoms with E-state index in [4.69, 9.17) is 19.2 Å². The number of hydrogen-bond acceptors (Lipinski definition) is 4. The van der Waals surface area contributed by atoms with Gasteiger partial charge in [0, 0.05) is 31.8 Å². The summed E-state index contributed by atoms with van der Waals surface area (Å²) in [6.45, 7) is 9.44. The third-order valence-electron chi connectivity index (χ3n) is 4.78. The van der Waals surface area contributed by atoms with Gasteiger partial charge in [-0.2, -0.15) is 0 Å². The number of benzene rings is 1. The van der Waals surface area contributed by atoms with Crippen LogP contribution in [0.5, 0.6) is 5.75 Å². The van der Waals surface area contributed by atoms with E-state index in [1.807, 2.05) is 25.1 Å². The lowest BCUT2D eigenvalue weighted by Crippen LogP contribution is -2.53. The van der Waals surface area contributed by atoms with Crippen molar-refractivity contribution in [2.24, 2.45) is 4.99 Å². The number of para-hydroxylation sites is 1. The highest BCUT2D eigenvalue weighted by Crippen LogP contribution is 2.22. The van der Waals surface area contributed by atoms with E-state index in [2.05, 4.69) is 23.2 Å². The molecule has 1 aromatic rings. The third kappa shape index (κ3) is 6.22. The first-order valence-electron chi connectivity index (χ1n) is 9.79. The summed E-state index contributed by atoms with van der Waals surface area (Å²) in [6.07, 6.45) is 2.58. The fraction of sp³-hybridized carbons (Fsp3) is 0.650. The van der Waals surface area contributed by atoms with Crippen molar-refractivity contribution in [3.63, 3.8) is 0 Å². The minimum Gasteiger partial charge on any atom is -0.494 e. The highest BCUT2D eigenvalue weighted by molar-refractivity contribution is 14.0. The van der Waals surface area contributed by atoms with Gasteiger partial charge >= 0.3 is 0 Å². The molecule has 0 saturated carbocycles. The fourth-order valence-electron chi connectivity index (χ4n) is 3.51. The van der Waals surface area contributed by atoms with Crippen LogP contribution in [0.3, 0.4) is 0 Å². The van der Waals surface area contributed by atoms with E-state index in [9.17, 15) is 0 Å². The Morgan fingerprint density at radius 3 is 2.78 bits per heavy atom. The molecule has 0 bridgehead atoms. The minimum atomic E-state index is 0. The molecule has 152 valence electrons. The Bertz CT molecular complexity index is 594. The molecule has 0 radical (unpaired) electrons. The summed E-state index contributed by atoms with van der Waals surface area (Å²) in [5.74, 6) is 1.85. The molecule has 1 aromatic carbocycles. The van der Waals surface area contributed by atoms with Crippen molar-refractivity contribution in [3.8, 4) is 5.75 Å². The maximum Gasteiger partial charge on any atom is 0.194 e. The Morgan fingerprint density at radius 2 is 2.04 bits per heavy atom. The number of nitrogens with one attached hydrogen (secondary N) is 1. The number of hydrogen-bond donors (Lipinski definition) is 1. The summed E-state index contributed by atoms with van der Waals surface area (Å²) in [6, 6.07) is 8.11. The van der Waals surface area contributed by atoms with Crippen LogP contribution in [0.4, 0.5) is 0 Å². The molecule has 2 unspecified atom stereocenters. The second-order valence-electron chi connectivity index (χ2n) is 6.62. The lowest BCUT2D eigenvalue weighted by molar-refractivity contribution is -0.0817. The first-order chi connectivity index (χ1) is 12.8. The van der Waals surface area contributed by atoms with Crippen molar-refractivity contribution in [3.05, 3.63) is 29.8 Å². The van der Waals surface area contributed by atoms with Crippen molar-refractivity contribution in [2.45, 2.75) is 45.4 Å². The zero-order valence-corrected chi connectivity index (χ0v) is 18.7. The number of morpholine rings is 1. The molecule has 27 heavy (non-hydrogen) atoms. The molecule has 2 heterocycles. The first kappa shape index (κ1) is 22.2. The SMILES string of the molecule is CCNC(=NCc1ccccc1OCC)N1CCOC(C2CCCO2)C1.I. The number of ether oxygens (including phenoxy) is 3. The molecular formula is C20H32IN3O3. The lowest BCUT2D eigenvalue weighted by Gasteiger charge is -2.37. The van der Waals surface area contributed by atoms with Gasteiger partial charge in [0.1, 0.15) is 11.9 Å². The maximum atomic E-state index is 5.96. The fourth-order valence-corrected chi connectivity index (χ4v) is 3.51. The van der Waals surface area contributed by atoms with Crippen molar-refractivity contribution < 1.29 is 14.2 Å². The molecule has 2 atom stereocenters. The number of rotatable bonds is 6. The van der Waals surface area contributed by atoms with Gasteiger partial charge in [-0.3, -0.25) is 0 Å². The van der Waals surface area contributed by atoms with Gasteiger partial charge in [0.05, 0.1) is 25.9 Å². The van der Waals surface area contributed by atoms with Gasteiger partial charge in [-0.15, -0.1) is 24.0 Å². The summed E-state index contributed by atoms with van der Waals surface area (Å²) in [5.41, 5.74) is 1.11. The molecule has 2 saturated heterocycles. The van der Waals surface area contributed by atoms with E-state index in [0.29, 0.717) is 19.8 Å². The van der Waals surface area contributed by atoms with Gasteiger partial charge in [0.25, 0.3) is 0 Å². The Morgan fingerprint density at radius 1 is 1.22 bits per heavy atom. The molecule has 0 aliphatic carbocycles. The van der Waals surface area contributed by atoms with Crippen LogP contribution in [-0.4, -0.2) is 62.5 Å². The van der Waals surface area contributed by atoms with E-state index in [1.165, 1.54) is 0 Å². The molecule has 6 nitrogen and oxygen atoms in total. The molecule has 0 aromatic heterocycles. The van der Waals surface area contributed by atoms with Crippen LogP contribution < -0.4 is 10.1 Å². The predicted molar refractivity (Wildman–Crippen MR) is 118 cm³/mol. The third-order valence-corrected chi connectivity index (χ3v) is 4.78. The van der Waals surface area contributed by atoms with Gasteiger partial charge in [-0.25, -0.2) is 4.99 Å². The molecule has 0 spiro atoms. The van der Waals surface area contributed by atoms with E-state index in [1.54, 1.807) is 0 Å². The molecule has 2 aliphatic rings. The minimum absolute atomic E-state index is 0. The average molecular weight is 489 g/mol. The van der Waals surface area contributed by atoms with Crippen LogP contribution >= 0.6 is 24.0 Å². The van der Waals surface area contributed by atoms with Gasteiger partial charge in [0.15, 0.2) is 5.96 Å². The summed E-state index contributed by atoms with van der Waals surface area (Å²) >= 11 is 0. The monoisotopic (exact) mass is 489 g/mol. The largest absolute Gasteiger partial charge is 0.494 e. The first-order valence-corrected chi connectivity index (χ1v) is 9.79. The smallest absolute Gasteiger partial charge is 0.194 e. The zero-order valence-electron chi connectivity index (χ0n) is 16.4. The van der Waals surface area contributed by atoms with Crippen LogP contribution in [-0.2, 0) is 16.0 Å². The Balaban J connectivity index is 0.00000261. The van der Waals surface area contributed by atoms with Crippen molar-refractivity contribution >= 4 is 29.9 Å². The number of aliphatic imine (C=N–C) groups is 1. The summed E-state index contributed by atoms with van der Waals surface area (Å²) < 4.78 is 17.5. The highest BCUT2D eigenvalue weighted by Gasteiger charge is 2.32. The van der Waals surface area contributed by atoms with Crippen molar-refractivity contribution in [1.82, 2.24) is 10.2 Å². The molecule has 3 rings (SSSR count). The van der Waals surface area contributed by atoms with Crippen molar-refractivity contribution in [1.29, 1.82) is 0 Å². The van der Waals surface area contributed by atoms with Crippen LogP contribution in [0, 0.1) is 0 Å². The van der Waals surface area contributed by atoms with Crippen LogP contribution in [0.15, 0.2) is 29.3 Å². The van der Waals surface area contributed by atoms with Crippen LogP contribution in [0.1, 0.15) is 32.3 Å². The van der Waals surface area contributed by atoms with Gasteiger partial charge in [-0.1, -0.05) is 18.2 Å². The van der Waals surface area contributed by atoms with Gasteiger partial charge < -0.3 is 24.4 Å². The van der Waals surface area contributed by atoms with E-state index < -0.39 is 0 Å². The normalized spacial score (nSPS) is 23.0. The molecular weight excluding hydrogens is 457 g/mol. The zero-order chi connectivity index (χ0) is 18.2. The number of halogens is 1. The predicted octanol–water partition coefficient (Wildman–Crippen LogP) is 3.05. The van der Waals surface area contributed by atoms with E-state index in [-0.39, 0.29) is 36.2 Å². The quantitative estimate of drug-likeness (QED) is 0.378. The Labute approximate surface area is 179 Å². The lowest BCUT2D eigenvalue weighted by atomic mass is 10.1. The highest BCUT2D eigenvalue weighted by atomic mass is 127. The summed E-state index contributed by atoms with van der Waals surface area (Å²) in [7, 11) is 0. The average Bonchev–Trinajstić information content (AvgIpc) is 3.21. The van der Waals surface area contributed by atoms with Gasteiger partial charge in [0.2, 0.25) is 0 Å².